The number of Topliss-reactive ketones (excluding diaryl/α,β-unsaturated/α-hetero) is 1. The van der Waals surface area contributed by atoms with Crippen LogP contribution in [0.5, 0.6) is 0 Å². The lowest BCUT2D eigenvalue weighted by Gasteiger charge is -2.31. The summed E-state index contributed by atoms with van der Waals surface area (Å²) in [4.78, 5) is 20.6. The van der Waals surface area contributed by atoms with Crippen LogP contribution in [-0.2, 0) is 21.4 Å². The molecule has 7 heteroatoms. The van der Waals surface area contributed by atoms with Crippen LogP contribution in [0.4, 0.5) is 8.78 Å². The predicted molar refractivity (Wildman–Crippen MR) is 95.9 cm³/mol. The van der Waals surface area contributed by atoms with Crippen LogP contribution in [0.2, 0.25) is 0 Å². The van der Waals surface area contributed by atoms with Gasteiger partial charge in [0.05, 0.1) is 19.4 Å². The fourth-order valence-corrected chi connectivity index (χ4v) is 2.97. The van der Waals surface area contributed by atoms with E-state index < -0.39 is 23.0 Å². The van der Waals surface area contributed by atoms with E-state index in [4.69, 9.17) is 9.47 Å². The molecule has 5 nitrogen and oxygen atoms in total. The molecular weight excluding hydrogens is 354 g/mol. The van der Waals surface area contributed by atoms with Crippen molar-refractivity contribution in [2.24, 2.45) is 4.99 Å². The van der Waals surface area contributed by atoms with E-state index >= 15 is 0 Å². The lowest BCUT2D eigenvalue weighted by atomic mass is 9.90. The molecule has 2 heterocycles. The zero-order chi connectivity index (χ0) is 19.4. The van der Waals surface area contributed by atoms with E-state index in [9.17, 15) is 13.6 Å². The molecule has 1 unspecified atom stereocenters. The van der Waals surface area contributed by atoms with E-state index in [0.717, 1.165) is 11.8 Å². The molecule has 0 saturated heterocycles. The molecule has 0 radical (unpaired) electrons. The van der Waals surface area contributed by atoms with Gasteiger partial charge >= 0.3 is 0 Å². The molecule has 1 aliphatic rings. The predicted octanol–water partition coefficient (Wildman–Crippen LogP) is 3.47. The topological polar surface area (TPSA) is 60.8 Å². The molecule has 1 aromatic carbocycles. The van der Waals surface area contributed by atoms with Gasteiger partial charge in [-0.3, -0.25) is 4.79 Å². The van der Waals surface area contributed by atoms with Crippen LogP contribution in [0.15, 0.2) is 41.5 Å². The average Bonchev–Trinajstić information content (AvgIpc) is 2.62. The van der Waals surface area contributed by atoms with Crippen LogP contribution in [0.1, 0.15) is 35.5 Å². The number of benzene rings is 1. The van der Waals surface area contributed by atoms with E-state index in [1.807, 2.05) is 32.0 Å². The van der Waals surface area contributed by atoms with E-state index in [-0.39, 0.29) is 12.1 Å². The van der Waals surface area contributed by atoms with Crippen molar-refractivity contribution < 1.29 is 23.0 Å². The maximum absolute atomic E-state index is 13.8. The Hall–Kier alpha value is -2.67. The molecule has 0 saturated carbocycles. The summed E-state index contributed by atoms with van der Waals surface area (Å²) in [6.45, 7) is 5.02. The number of carbonyl (C=O) groups excluding carboxylic acids is 1. The molecule has 0 bridgehead atoms. The van der Waals surface area contributed by atoms with E-state index in [1.165, 1.54) is 0 Å². The highest BCUT2D eigenvalue weighted by Gasteiger charge is 2.31. The Bertz CT molecular complexity index is 885. The quantitative estimate of drug-likeness (QED) is 0.752. The normalized spacial score (nSPS) is 19.5. The Kier molecular flexibility index (Phi) is 5.60. The van der Waals surface area contributed by atoms with Gasteiger partial charge in [-0.15, -0.1) is 0 Å². The summed E-state index contributed by atoms with van der Waals surface area (Å²) in [7, 11) is 0. The highest BCUT2D eigenvalue weighted by molar-refractivity contribution is 5.96. The first-order chi connectivity index (χ1) is 12.9. The number of nitrogens with zero attached hydrogens (tertiary/aromatic N) is 2. The van der Waals surface area contributed by atoms with Gasteiger partial charge in [0.15, 0.2) is 11.6 Å². The number of aliphatic imine (C=N–C) groups is 1. The maximum Gasteiger partial charge on any atom is 0.211 e. The molecule has 0 fully saturated rings. The minimum atomic E-state index is -0.963. The van der Waals surface area contributed by atoms with Crippen LogP contribution in [0.25, 0.3) is 0 Å². The van der Waals surface area contributed by atoms with Gasteiger partial charge in [-0.25, -0.2) is 18.8 Å². The smallest absolute Gasteiger partial charge is 0.211 e. The van der Waals surface area contributed by atoms with Gasteiger partial charge in [0.2, 0.25) is 5.90 Å². The molecule has 0 amide bonds. The third-order valence-corrected chi connectivity index (χ3v) is 4.28. The van der Waals surface area contributed by atoms with Crippen molar-refractivity contribution >= 4 is 11.7 Å². The van der Waals surface area contributed by atoms with Gasteiger partial charge in [0.25, 0.3) is 0 Å². The van der Waals surface area contributed by atoms with Crippen LogP contribution in [-0.4, -0.2) is 36.5 Å². The summed E-state index contributed by atoms with van der Waals surface area (Å²) in [5.41, 5.74) is 0.534. The maximum atomic E-state index is 13.8. The van der Waals surface area contributed by atoms with Crippen molar-refractivity contribution in [1.29, 1.82) is 0 Å². The second-order valence-electron chi connectivity index (χ2n) is 6.49. The Balaban J connectivity index is 1.83. The summed E-state index contributed by atoms with van der Waals surface area (Å²) >= 11 is 0. The van der Waals surface area contributed by atoms with Crippen molar-refractivity contribution in [3.05, 3.63) is 65.0 Å². The molecule has 1 atom stereocenters. The van der Waals surface area contributed by atoms with E-state index in [0.29, 0.717) is 37.3 Å². The van der Waals surface area contributed by atoms with Crippen LogP contribution in [0, 0.1) is 11.6 Å². The molecule has 1 aromatic heterocycles. The van der Waals surface area contributed by atoms with Crippen molar-refractivity contribution in [1.82, 2.24) is 4.98 Å². The second kappa shape index (κ2) is 7.92. The highest BCUT2D eigenvalue weighted by Crippen LogP contribution is 2.29. The first-order valence-corrected chi connectivity index (χ1v) is 8.64. The van der Waals surface area contributed by atoms with Crippen molar-refractivity contribution in [3.63, 3.8) is 0 Å². The first kappa shape index (κ1) is 19.1. The van der Waals surface area contributed by atoms with Crippen molar-refractivity contribution in [2.75, 3.05) is 19.8 Å². The van der Waals surface area contributed by atoms with Gasteiger partial charge in [-0.2, -0.15) is 0 Å². The Labute approximate surface area is 156 Å². The molecule has 0 aliphatic carbocycles. The molecule has 27 heavy (non-hydrogen) atoms. The number of hydrogen-bond acceptors (Lipinski definition) is 5. The van der Waals surface area contributed by atoms with Gasteiger partial charge in [0.1, 0.15) is 23.7 Å². The van der Waals surface area contributed by atoms with Crippen molar-refractivity contribution in [2.45, 2.75) is 25.8 Å². The first-order valence-electron chi connectivity index (χ1n) is 8.64. The summed E-state index contributed by atoms with van der Waals surface area (Å²) in [5.74, 6) is -1.77. The van der Waals surface area contributed by atoms with Gasteiger partial charge < -0.3 is 9.47 Å². The summed E-state index contributed by atoms with van der Waals surface area (Å²) in [6.07, 6.45) is 0.777. The lowest BCUT2D eigenvalue weighted by Crippen LogP contribution is -2.35. The van der Waals surface area contributed by atoms with Crippen LogP contribution in [0.3, 0.4) is 0 Å². The number of ether oxygens (including phenoxy) is 2. The number of halogens is 2. The summed E-state index contributed by atoms with van der Waals surface area (Å²) in [6, 6.07) is 7.96. The number of rotatable bonds is 5. The zero-order valence-corrected chi connectivity index (χ0v) is 15.2. The monoisotopic (exact) mass is 374 g/mol. The van der Waals surface area contributed by atoms with E-state index in [2.05, 4.69) is 9.98 Å². The molecule has 2 aromatic rings. The van der Waals surface area contributed by atoms with Crippen molar-refractivity contribution in [3.8, 4) is 0 Å². The summed E-state index contributed by atoms with van der Waals surface area (Å²) in [5, 5.41) is 0. The molecule has 1 aliphatic heterocycles. The number of pyridine rings is 1. The minimum Gasteiger partial charge on any atom is -0.480 e. The van der Waals surface area contributed by atoms with Gasteiger partial charge in [-0.1, -0.05) is 24.3 Å². The largest absolute Gasteiger partial charge is 0.480 e. The molecule has 142 valence electrons. The van der Waals surface area contributed by atoms with Crippen LogP contribution >= 0.6 is 0 Å². The van der Waals surface area contributed by atoms with Gasteiger partial charge in [-0.05, 0) is 25.0 Å². The fourth-order valence-electron chi connectivity index (χ4n) is 2.97. The summed E-state index contributed by atoms with van der Waals surface area (Å²) < 4.78 is 37.8. The van der Waals surface area contributed by atoms with E-state index in [1.54, 1.807) is 6.07 Å². The number of carbonyl (C=O) groups is 1. The molecular formula is C20H20F2N2O3. The highest BCUT2D eigenvalue weighted by atomic mass is 19.1. The Morgan fingerprint density at radius 2 is 2.15 bits per heavy atom. The zero-order valence-electron chi connectivity index (χ0n) is 15.2. The van der Waals surface area contributed by atoms with Gasteiger partial charge in [0, 0.05) is 12.5 Å². The second-order valence-corrected chi connectivity index (χ2v) is 6.49. The number of ketones is 1. The number of hydrogen-bond donors (Lipinski definition) is 0. The Morgan fingerprint density at radius 1 is 1.33 bits per heavy atom. The SMILES string of the molecule is CCOC1=NC(C)(c2cccc(CC(=O)c3ncc(F)cc3F)c2)COC1. The average molecular weight is 374 g/mol. The lowest BCUT2D eigenvalue weighted by molar-refractivity contribution is 0.0860. The Morgan fingerprint density at radius 3 is 2.89 bits per heavy atom. The van der Waals surface area contributed by atoms with Crippen LogP contribution < -0.4 is 0 Å². The fraction of sp³-hybridized carbons (Fsp3) is 0.350. The minimum absolute atomic E-state index is 0.0532. The standard InChI is InChI=1S/C20H20F2N2O3/c1-3-27-18-11-26-12-20(2,24-18)14-6-4-5-13(7-14)8-17(25)19-16(22)9-15(21)10-23-19/h4-7,9-10H,3,8,11-12H2,1-2H3. The number of aromatic nitrogens is 1. The third kappa shape index (κ3) is 4.36. The molecule has 0 N–H and O–H groups in total. The third-order valence-electron chi connectivity index (χ3n) is 4.28. The molecule has 3 rings (SSSR count). The molecule has 0 spiro atoms.